The molecule has 0 aromatic rings. The fourth-order valence-corrected chi connectivity index (χ4v) is 8.15. The first-order valence-corrected chi connectivity index (χ1v) is 11.8. The molecule has 0 spiro atoms. The van der Waals surface area contributed by atoms with Gasteiger partial charge >= 0.3 is 5.97 Å². The Hall–Kier alpha value is -0.870. The van der Waals surface area contributed by atoms with E-state index in [4.69, 9.17) is 4.74 Å². The highest BCUT2D eigenvalue weighted by Gasteiger charge is 2.61. The van der Waals surface area contributed by atoms with Crippen LogP contribution in [0.2, 0.25) is 0 Å². The summed E-state index contributed by atoms with van der Waals surface area (Å²) in [6.45, 7) is 7.15. The van der Waals surface area contributed by atoms with Crippen molar-refractivity contribution in [2.75, 3.05) is 7.11 Å². The zero-order valence-corrected chi connectivity index (χ0v) is 18.6. The van der Waals surface area contributed by atoms with Gasteiger partial charge in [0, 0.05) is 6.42 Å². The van der Waals surface area contributed by atoms with E-state index in [9.17, 15) is 15.0 Å². The van der Waals surface area contributed by atoms with Gasteiger partial charge in [0.25, 0.3) is 0 Å². The molecule has 0 amide bonds. The topological polar surface area (TPSA) is 66.8 Å². The van der Waals surface area contributed by atoms with Crippen LogP contribution in [0.5, 0.6) is 0 Å². The van der Waals surface area contributed by atoms with E-state index in [1.54, 1.807) is 0 Å². The lowest BCUT2D eigenvalue weighted by atomic mass is 9.43. The van der Waals surface area contributed by atoms with E-state index in [1.807, 2.05) is 0 Å². The Balaban J connectivity index is 1.54. The number of allylic oxidation sites excluding steroid dienone is 2. The summed E-state index contributed by atoms with van der Waals surface area (Å²) >= 11 is 0. The van der Waals surface area contributed by atoms with Gasteiger partial charge in [-0.05, 0) is 91.3 Å². The van der Waals surface area contributed by atoms with Crippen molar-refractivity contribution in [1.29, 1.82) is 0 Å². The molecule has 4 aliphatic rings. The number of fused-ring (bicyclic) bond motifs is 5. The molecule has 4 rings (SSSR count). The van der Waals surface area contributed by atoms with Crippen LogP contribution in [-0.4, -0.2) is 35.5 Å². The first-order valence-electron chi connectivity index (χ1n) is 11.8. The Bertz CT molecular complexity index is 659. The molecular formula is C25H40O4. The van der Waals surface area contributed by atoms with Gasteiger partial charge in [-0.15, -0.1) is 0 Å². The molecule has 3 saturated carbocycles. The van der Waals surface area contributed by atoms with Gasteiger partial charge in [0.2, 0.25) is 0 Å². The third-order valence-electron chi connectivity index (χ3n) is 9.89. The summed E-state index contributed by atoms with van der Waals surface area (Å²) in [4.78, 5) is 11.6. The minimum atomic E-state index is -0.262. The van der Waals surface area contributed by atoms with Gasteiger partial charge < -0.3 is 14.9 Å². The standard InChI is InChI=1S/C25H40O4/c1-15(5-8-22(28)29-4)18-6-7-19-23-20(10-12-25(18,19)3)24(2)11-9-17(26)13-16(24)14-21(23)27/h6-7,15-21,23,26-27H,5,8-14H2,1-4H3/t15-,16+,17-,18?,19+,20+,21+,23+,24+,25-/m1/s1. The summed E-state index contributed by atoms with van der Waals surface area (Å²) in [5, 5.41) is 21.5. The molecular weight excluding hydrogens is 364 g/mol. The Kier molecular flexibility index (Phi) is 5.65. The van der Waals surface area contributed by atoms with Gasteiger partial charge in [-0.1, -0.05) is 32.9 Å². The fraction of sp³-hybridized carbons (Fsp3) is 0.880. The summed E-state index contributed by atoms with van der Waals surface area (Å²) in [6.07, 6.45) is 11.8. The lowest BCUT2D eigenvalue weighted by Gasteiger charge is -2.62. The third-order valence-corrected chi connectivity index (χ3v) is 9.89. The highest BCUT2D eigenvalue weighted by molar-refractivity contribution is 5.69. The summed E-state index contributed by atoms with van der Waals surface area (Å²) in [5.41, 5.74) is 0.432. The van der Waals surface area contributed by atoms with Gasteiger partial charge in [-0.2, -0.15) is 0 Å². The summed E-state index contributed by atoms with van der Waals surface area (Å²) in [7, 11) is 1.46. The van der Waals surface area contributed by atoms with Crippen LogP contribution in [0.25, 0.3) is 0 Å². The molecule has 3 fully saturated rings. The number of hydrogen-bond acceptors (Lipinski definition) is 4. The lowest BCUT2D eigenvalue weighted by molar-refractivity contribution is -0.169. The number of ether oxygens (including phenoxy) is 1. The molecule has 1 unspecified atom stereocenters. The Morgan fingerprint density at radius 2 is 1.86 bits per heavy atom. The van der Waals surface area contributed by atoms with Crippen molar-refractivity contribution in [1.82, 2.24) is 0 Å². The maximum atomic E-state index is 11.6. The molecule has 164 valence electrons. The molecule has 29 heavy (non-hydrogen) atoms. The smallest absolute Gasteiger partial charge is 0.305 e. The first kappa shape index (κ1) is 21.4. The molecule has 0 aliphatic heterocycles. The first-order chi connectivity index (χ1) is 13.7. The van der Waals surface area contributed by atoms with Crippen LogP contribution in [0.15, 0.2) is 12.2 Å². The van der Waals surface area contributed by atoms with Gasteiger partial charge in [-0.3, -0.25) is 4.79 Å². The Labute approximate surface area is 176 Å². The molecule has 10 atom stereocenters. The van der Waals surface area contributed by atoms with Crippen LogP contribution in [0.4, 0.5) is 0 Å². The van der Waals surface area contributed by atoms with E-state index in [1.165, 1.54) is 20.0 Å². The minimum Gasteiger partial charge on any atom is -0.469 e. The maximum absolute atomic E-state index is 11.6. The zero-order chi connectivity index (χ0) is 21.0. The number of rotatable bonds is 4. The number of esters is 1. The average Bonchev–Trinajstić information content (AvgIpc) is 3.04. The second-order valence-electron chi connectivity index (χ2n) is 11.2. The largest absolute Gasteiger partial charge is 0.469 e. The van der Waals surface area contributed by atoms with Crippen molar-refractivity contribution in [2.45, 2.75) is 84.3 Å². The average molecular weight is 405 g/mol. The molecule has 0 aromatic heterocycles. The Morgan fingerprint density at radius 1 is 1.14 bits per heavy atom. The number of aliphatic hydroxyl groups excluding tert-OH is 2. The quantitative estimate of drug-likeness (QED) is 0.540. The molecule has 0 bridgehead atoms. The van der Waals surface area contributed by atoms with Gasteiger partial charge in [0.15, 0.2) is 0 Å². The molecule has 2 N–H and O–H groups in total. The van der Waals surface area contributed by atoms with E-state index in [0.717, 1.165) is 32.1 Å². The van der Waals surface area contributed by atoms with Gasteiger partial charge in [-0.25, -0.2) is 0 Å². The van der Waals surface area contributed by atoms with Crippen LogP contribution >= 0.6 is 0 Å². The van der Waals surface area contributed by atoms with Crippen molar-refractivity contribution in [3.63, 3.8) is 0 Å². The minimum absolute atomic E-state index is 0.120. The molecule has 0 aromatic carbocycles. The second-order valence-corrected chi connectivity index (χ2v) is 11.2. The molecule has 0 radical (unpaired) electrons. The SMILES string of the molecule is COC(=O)CC[C@@H](C)C1C=C[C@H]2[C@@H]3[C@@H](O)C[C@@H]4C[C@H](O)CC[C@]4(C)[C@H]3CC[C@]12C. The second kappa shape index (κ2) is 7.67. The summed E-state index contributed by atoms with van der Waals surface area (Å²) < 4.78 is 4.84. The molecule has 4 aliphatic carbocycles. The van der Waals surface area contributed by atoms with Gasteiger partial charge in [0.05, 0.1) is 19.3 Å². The molecule has 4 nitrogen and oxygen atoms in total. The van der Waals surface area contributed by atoms with Crippen molar-refractivity contribution in [3.05, 3.63) is 12.2 Å². The van der Waals surface area contributed by atoms with Crippen molar-refractivity contribution >= 4 is 5.97 Å². The molecule has 4 heteroatoms. The fourth-order valence-electron chi connectivity index (χ4n) is 8.15. The number of carbonyl (C=O) groups is 1. The van der Waals surface area contributed by atoms with E-state index in [2.05, 4.69) is 32.9 Å². The predicted octanol–water partition coefficient (Wildman–Crippen LogP) is 4.34. The highest BCUT2D eigenvalue weighted by atomic mass is 16.5. The number of aliphatic hydroxyl groups is 2. The molecule has 0 heterocycles. The third kappa shape index (κ3) is 3.39. The number of carbonyl (C=O) groups excluding carboxylic acids is 1. The van der Waals surface area contributed by atoms with Crippen LogP contribution in [0.1, 0.15) is 72.1 Å². The summed E-state index contributed by atoms with van der Waals surface area (Å²) in [6, 6.07) is 0. The van der Waals surface area contributed by atoms with Crippen LogP contribution in [-0.2, 0) is 9.53 Å². The summed E-state index contributed by atoms with van der Waals surface area (Å²) in [5.74, 6) is 2.54. The predicted molar refractivity (Wildman–Crippen MR) is 113 cm³/mol. The zero-order valence-electron chi connectivity index (χ0n) is 18.6. The highest BCUT2D eigenvalue weighted by Crippen LogP contribution is 2.66. The van der Waals surface area contributed by atoms with E-state index < -0.39 is 0 Å². The normalized spacial score (nSPS) is 49.7. The van der Waals surface area contributed by atoms with E-state index in [-0.39, 0.29) is 29.0 Å². The van der Waals surface area contributed by atoms with Crippen molar-refractivity contribution in [3.8, 4) is 0 Å². The van der Waals surface area contributed by atoms with E-state index >= 15 is 0 Å². The van der Waals surface area contributed by atoms with Gasteiger partial charge in [0.1, 0.15) is 0 Å². The van der Waals surface area contributed by atoms with Crippen LogP contribution in [0.3, 0.4) is 0 Å². The van der Waals surface area contributed by atoms with Crippen LogP contribution < -0.4 is 0 Å². The number of methoxy groups -OCH3 is 1. The number of hydrogen-bond donors (Lipinski definition) is 2. The van der Waals surface area contributed by atoms with E-state index in [0.29, 0.717) is 41.9 Å². The Morgan fingerprint density at radius 3 is 2.59 bits per heavy atom. The van der Waals surface area contributed by atoms with Crippen LogP contribution in [0, 0.1) is 46.3 Å². The lowest BCUT2D eigenvalue weighted by Crippen LogP contribution is -2.58. The van der Waals surface area contributed by atoms with Crippen molar-refractivity contribution < 1.29 is 19.7 Å². The monoisotopic (exact) mass is 404 g/mol. The maximum Gasteiger partial charge on any atom is 0.305 e. The van der Waals surface area contributed by atoms with Crippen molar-refractivity contribution in [2.24, 2.45) is 46.3 Å². The molecule has 0 saturated heterocycles.